The summed E-state index contributed by atoms with van der Waals surface area (Å²) >= 11 is 1.88. The highest BCUT2D eigenvalue weighted by atomic mass is 32.1. The predicted molar refractivity (Wildman–Crippen MR) is 238 cm³/mol. The minimum atomic E-state index is 0.904. The lowest BCUT2D eigenvalue weighted by molar-refractivity contribution is 0.670. The molecule has 0 radical (unpaired) electrons. The van der Waals surface area contributed by atoms with Crippen LogP contribution < -0.4 is 0 Å². The topological polar surface area (TPSA) is 13.1 Å². The summed E-state index contributed by atoms with van der Waals surface area (Å²) in [4.78, 5) is 0. The molecule has 0 fully saturated rings. The quantitative estimate of drug-likeness (QED) is 0.177. The van der Waals surface area contributed by atoms with Crippen LogP contribution in [0.3, 0.4) is 0 Å². The first-order valence-electron chi connectivity index (χ1n) is 19.2. The molecule has 2 aromatic heterocycles. The van der Waals surface area contributed by atoms with E-state index in [1.54, 1.807) is 0 Å². The number of para-hydroxylation sites is 2. The summed E-state index contributed by atoms with van der Waals surface area (Å²) in [7, 11) is 0. The molecule has 260 valence electrons. The van der Waals surface area contributed by atoms with E-state index >= 15 is 0 Å². The molecule has 1 aliphatic carbocycles. The van der Waals surface area contributed by atoms with Crippen molar-refractivity contribution in [3.05, 3.63) is 194 Å². The molecule has 2 heterocycles. The largest absolute Gasteiger partial charge is 0.455 e. The molecule has 0 bridgehead atoms. The van der Waals surface area contributed by atoms with Crippen LogP contribution in [0, 0.1) is 0 Å². The number of benzene rings is 9. The van der Waals surface area contributed by atoms with Gasteiger partial charge in [-0.15, -0.1) is 11.3 Å². The van der Waals surface area contributed by atoms with Gasteiger partial charge in [0, 0.05) is 36.5 Å². The van der Waals surface area contributed by atoms with E-state index in [0.717, 1.165) is 33.1 Å². The molecule has 12 rings (SSSR count). The Labute approximate surface area is 328 Å². The van der Waals surface area contributed by atoms with E-state index in [4.69, 9.17) is 4.42 Å². The number of hydrogen-bond acceptors (Lipinski definition) is 2. The Balaban J connectivity index is 1.19. The lowest BCUT2D eigenvalue weighted by Crippen LogP contribution is -1.99. The van der Waals surface area contributed by atoms with Gasteiger partial charge in [-0.3, -0.25) is 0 Å². The summed E-state index contributed by atoms with van der Waals surface area (Å²) in [6.45, 7) is 0. The van der Waals surface area contributed by atoms with Crippen molar-refractivity contribution < 1.29 is 4.42 Å². The molecule has 0 saturated heterocycles. The zero-order valence-electron chi connectivity index (χ0n) is 30.3. The normalized spacial score (nSPS) is 11.9. The summed E-state index contributed by atoms with van der Waals surface area (Å²) in [6, 6.07) is 71.2. The molecule has 0 saturated carbocycles. The average Bonchev–Trinajstić information content (AvgIpc) is 3.84. The molecule has 0 unspecified atom stereocenters. The third-order valence-electron chi connectivity index (χ3n) is 11.7. The minimum absolute atomic E-state index is 0.904. The molecule has 2 heteroatoms. The Morgan fingerprint density at radius 3 is 1.48 bits per heavy atom. The highest BCUT2D eigenvalue weighted by Crippen LogP contribution is 2.51. The first-order valence-corrected chi connectivity index (χ1v) is 20.0. The van der Waals surface area contributed by atoms with Gasteiger partial charge in [-0.05, 0) is 103 Å². The van der Waals surface area contributed by atoms with Crippen molar-refractivity contribution in [1.82, 2.24) is 0 Å². The number of hydrogen-bond donors (Lipinski definition) is 0. The Kier molecular flexibility index (Phi) is 6.87. The van der Waals surface area contributed by atoms with Gasteiger partial charge in [-0.2, -0.15) is 0 Å². The summed E-state index contributed by atoms with van der Waals surface area (Å²) in [5.74, 6) is 0. The monoisotopic (exact) mass is 728 g/mol. The van der Waals surface area contributed by atoms with E-state index in [1.807, 2.05) is 17.4 Å². The highest BCUT2D eigenvalue weighted by molar-refractivity contribution is 7.26. The van der Waals surface area contributed by atoms with Crippen LogP contribution in [0.15, 0.2) is 199 Å². The number of thiophene rings is 1. The maximum Gasteiger partial charge on any atom is 0.143 e. The van der Waals surface area contributed by atoms with Crippen LogP contribution in [-0.2, 0) is 0 Å². The Morgan fingerprint density at radius 1 is 0.304 bits per heavy atom. The zero-order valence-corrected chi connectivity index (χ0v) is 31.1. The molecule has 0 aliphatic heterocycles. The fourth-order valence-electron chi connectivity index (χ4n) is 9.19. The van der Waals surface area contributed by atoms with Gasteiger partial charge in [0.15, 0.2) is 0 Å². The van der Waals surface area contributed by atoms with Crippen molar-refractivity contribution in [3.63, 3.8) is 0 Å². The number of rotatable bonds is 3. The predicted octanol–water partition coefficient (Wildman–Crippen LogP) is 15.9. The molecule has 0 atom stereocenters. The maximum atomic E-state index is 6.68. The van der Waals surface area contributed by atoms with Crippen LogP contribution >= 0.6 is 11.3 Å². The van der Waals surface area contributed by atoms with Crippen molar-refractivity contribution in [2.45, 2.75) is 0 Å². The molecular formula is C54H32OS. The minimum Gasteiger partial charge on any atom is -0.455 e. The fraction of sp³-hybridized carbons (Fsp3) is 0. The fourth-order valence-corrected chi connectivity index (χ4v) is 10.4. The van der Waals surface area contributed by atoms with Gasteiger partial charge in [-0.1, -0.05) is 164 Å². The lowest BCUT2D eigenvalue weighted by Gasteiger charge is -2.25. The molecule has 9 aromatic carbocycles. The summed E-state index contributed by atoms with van der Waals surface area (Å²) in [5.41, 5.74) is 18.8. The van der Waals surface area contributed by atoms with E-state index in [-0.39, 0.29) is 0 Å². The second-order valence-corrected chi connectivity index (χ2v) is 15.8. The van der Waals surface area contributed by atoms with E-state index in [0.29, 0.717) is 0 Å². The summed E-state index contributed by atoms with van der Waals surface area (Å²) in [6.07, 6.45) is 0. The smallest absolute Gasteiger partial charge is 0.143 e. The Morgan fingerprint density at radius 2 is 0.750 bits per heavy atom. The maximum absolute atomic E-state index is 6.68. The van der Waals surface area contributed by atoms with Gasteiger partial charge in [-0.25, -0.2) is 0 Å². The second kappa shape index (κ2) is 12.3. The van der Waals surface area contributed by atoms with E-state index < -0.39 is 0 Å². The van der Waals surface area contributed by atoms with E-state index in [2.05, 4.69) is 188 Å². The third-order valence-corrected chi connectivity index (χ3v) is 12.9. The standard InChI is InChI=1S/C54H32OS/c1-2-15-40-39(14-1)41-16-3-4-17-43(41)47-25-11-22-36(52(47)46-21-6-5-18-42(40)46)33-30-34(37-23-12-26-48-44-19-7-9-28-50(44)55-53(37)48)32-35(31-33)38-24-13-27-49-45-20-8-10-29-51(45)56-54(38)49/h1-32H. The van der Waals surface area contributed by atoms with Crippen LogP contribution in [0.4, 0.5) is 0 Å². The van der Waals surface area contributed by atoms with Crippen LogP contribution in [0.1, 0.15) is 0 Å². The Bertz CT molecular complexity index is 3240. The third kappa shape index (κ3) is 4.67. The van der Waals surface area contributed by atoms with Crippen molar-refractivity contribution in [3.8, 4) is 77.9 Å². The number of furan rings is 1. The van der Waals surface area contributed by atoms with Gasteiger partial charge in [0.2, 0.25) is 0 Å². The van der Waals surface area contributed by atoms with Crippen molar-refractivity contribution in [2.75, 3.05) is 0 Å². The van der Waals surface area contributed by atoms with Gasteiger partial charge in [0.05, 0.1) is 0 Å². The van der Waals surface area contributed by atoms with Crippen molar-refractivity contribution >= 4 is 53.4 Å². The number of fused-ring (bicyclic) bond motifs is 14. The van der Waals surface area contributed by atoms with Crippen LogP contribution in [-0.4, -0.2) is 0 Å². The van der Waals surface area contributed by atoms with Crippen molar-refractivity contribution in [1.29, 1.82) is 0 Å². The van der Waals surface area contributed by atoms with Gasteiger partial charge < -0.3 is 4.42 Å². The van der Waals surface area contributed by atoms with Gasteiger partial charge in [0.1, 0.15) is 11.2 Å². The van der Waals surface area contributed by atoms with Crippen LogP contribution in [0.2, 0.25) is 0 Å². The first-order chi connectivity index (χ1) is 27.8. The molecule has 1 aliphatic rings. The zero-order chi connectivity index (χ0) is 36.7. The molecule has 0 spiro atoms. The molecule has 1 nitrogen and oxygen atoms in total. The lowest BCUT2D eigenvalue weighted by atomic mass is 9.78. The molecule has 0 amide bonds. The van der Waals surface area contributed by atoms with Crippen LogP contribution in [0.5, 0.6) is 0 Å². The van der Waals surface area contributed by atoms with Crippen LogP contribution in [0.25, 0.3) is 120 Å². The average molecular weight is 729 g/mol. The second-order valence-electron chi connectivity index (χ2n) is 14.7. The SMILES string of the molecule is c1ccc2c(c1)-c1ccccc1-c1cccc(-c3cc(-c4cccc5c4oc4ccccc45)cc(-c4cccc5c4sc4ccccc45)c3)c1-c1ccccc1-2. The molecular weight excluding hydrogens is 697 g/mol. The van der Waals surface area contributed by atoms with Gasteiger partial charge in [0.25, 0.3) is 0 Å². The highest BCUT2D eigenvalue weighted by Gasteiger charge is 2.25. The van der Waals surface area contributed by atoms with E-state index in [9.17, 15) is 0 Å². The van der Waals surface area contributed by atoms with Gasteiger partial charge >= 0.3 is 0 Å². The molecule has 11 aromatic rings. The molecule has 0 N–H and O–H groups in total. The van der Waals surface area contributed by atoms with Crippen molar-refractivity contribution in [2.24, 2.45) is 0 Å². The molecule has 56 heavy (non-hydrogen) atoms. The first kappa shape index (κ1) is 31.4. The van der Waals surface area contributed by atoms with E-state index in [1.165, 1.54) is 86.9 Å². The summed E-state index contributed by atoms with van der Waals surface area (Å²) in [5, 5.41) is 4.86. The summed E-state index contributed by atoms with van der Waals surface area (Å²) < 4.78 is 9.29. The Hall–Kier alpha value is -7.00.